The van der Waals surface area contributed by atoms with Crippen molar-refractivity contribution in [2.75, 3.05) is 12.4 Å². The molecule has 6 heteroatoms. The number of amides is 1. The number of aromatic nitrogens is 2. The summed E-state index contributed by atoms with van der Waals surface area (Å²) in [5.74, 6) is 0.898. The maximum atomic E-state index is 12.4. The summed E-state index contributed by atoms with van der Waals surface area (Å²) in [6.07, 6.45) is 3.38. The van der Waals surface area contributed by atoms with Crippen LogP contribution >= 0.6 is 0 Å². The van der Waals surface area contributed by atoms with Crippen molar-refractivity contribution < 1.29 is 13.9 Å². The second-order valence-electron chi connectivity index (χ2n) is 5.63. The van der Waals surface area contributed by atoms with E-state index in [9.17, 15) is 4.79 Å². The summed E-state index contributed by atoms with van der Waals surface area (Å²) in [6.45, 7) is 0. The molecule has 0 aliphatic heterocycles. The molecule has 0 unspecified atom stereocenters. The van der Waals surface area contributed by atoms with Crippen molar-refractivity contribution in [3.63, 3.8) is 0 Å². The fraction of sp³-hybridized carbons (Fsp3) is 0.0500. The lowest BCUT2D eigenvalue weighted by Crippen LogP contribution is -2.11. The summed E-state index contributed by atoms with van der Waals surface area (Å²) in [6, 6.07) is 16.0. The van der Waals surface area contributed by atoms with E-state index in [1.54, 1.807) is 62.0 Å². The third-order valence-electron chi connectivity index (χ3n) is 3.89. The smallest absolute Gasteiger partial charge is 0.255 e. The Morgan fingerprint density at radius 2 is 2.04 bits per heavy atom. The van der Waals surface area contributed by atoms with E-state index >= 15 is 0 Å². The molecule has 0 bridgehead atoms. The highest BCUT2D eigenvalue weighted by atomic mass is 16.5. The maximum absolute atomic E-state index is 12.4. The van der Waals surface area contributed by atoms with E-state index in [0.717, 1.165) is 5.56 Å². The molecule has 0 radical (unpaired) electrons. The van der Waals surface area contributed by atoms with E-state index < -0.39 is 0 Å². The average Bonchev–Trinajstić information content (AvgIpc) is 3.12. The van der Waals surface area contributed by atoms with E-state index in [-0.39, 0.29) is 5.91 Å². The Morgan fingerprint density at radius 3 is 2.85 bits per heavy atom. The number of benzene rings is 2. The van der Waals surface area contributed by atoms with Gasteiger partial charge in [0.05, 0.1) is 12.7 Å². The number of hydrogen-bond donors (Lipinski definition) is 1. The molecule has 128 valence electrons. The van der Waals surface area contributed by atoms with E-state index in [1.807, 2.05) is 12.1 Å². The van der Waals surface area contributed by atoms with E-state index in [1.165, 1.54) is 0 Å². The van der Waals surface area contributed by atoms with Crippen molar-refractivity contribution in [1.82, 2.24) is 9.97 Å². The number of nitrogens with zero attached hydrogens (tertiary/aromatic N) is 2. The number of oxazole rings is 1. The predicted molar refractivity (Wildman–Crippen MR) is 98.2 cm³/mol. The second kappa shape index (κ2) is 6.68. The molecule has 0 saturated heterocycles. The number of pyridine rings is 1. The molecule has 1 amide bonds. The molecule has 0 atom stereocenters. The highest BCUT2D eigenvalue weighted by Gasteiger charge is 2.11. The number of carbonyl (C=O) groups excluding carboxylic acids is 1. The molecule has 4 aromatic rings. The zero-order chi connectivity index (χ0) is 17.9. The zero-order valence-corrected chi connectivity index (χ0v) is 14.0. The minimum atomic E-state index is -0.223. The van der Waals surface area contributed by atoms with Crippen molar-refractivity contribution in [3.05, 3.63) is 72.6 Å². The van der Waals surface area contributed by atoms with Gasteiger partial charge in [0, 0.05) is 23.6 Å². The van der Waals surface area contributed by atoms with Gasteiger partial charge in [0.2, 0.25) is 5.89 Å². The molecule has 4 rings (SSSR count). The van der Waals surface area contributed by atoms with Gasteiger partial charge < -0.3 is 14.5 Å². The number of ether oxygens (including phenoxy) is 1. The van der Waals surface area contributed by atoms with Crippen molar-refractivity contribution in [1.29, 1.82) is 0 Å². The maximum Gasteiger partial charge on any atom is 0.255 e. The Bertz CT molecular complexity index is 1070. The van der Waals surface area contributed by atoms with Crippen LogP contribution in [0.4, 0.5) is 5.69 Å². The molecule has 0 spiro atoms. The molecule has 2 aromatic heterocycles. The van der Waals surface area contributed by atoms with Gasteiger partial charge in [-0.15, -0.1) is 0 Å². The molecule has 26 heavy (non-hydrogen) atoms. The third kappa shape index (κ3) is 3.12. The van der Waals surface area contributed by atoms with Gasteiger partial charge in [-0.2, -0.15) is 0 Å². The quantitative estimate of drug-likeness (QED) is 0.601. The highest BCUT2D eigenvalue weighted by molar-refractivity contribution is 6.05. The number of carbonyl (C=O) groups is 1. The number of methoxy groups -OCH3 is 1. The number of rotatable bonds is 4. The summed E-state index contributed by atoms with van der Waals surface area (Å²) < 4.78 is 10.9. The molecule has 1 N–H and O–H groups in total. The van der Waals surface area contributed by atoms with Crippen molar-refractivity contribution >= 4 is 22.7 Å². The molecular weight excluding hydrogens is 330 g/mol. The Balaban J connectivity index is 1.60. The van der Waals surface area contributed by atoms with Crippen molar-refractivity contribution in [2.24, 2.45) is 0 Å². The first-order valence-corrected chi connectivity index (χ1v) is 7.99. The van der Waals surface area contributed by atoms with Crippen LogP contribution in [0.5, 0.6) is 5.75 Å². The summed E-state index contributed by atoms with van der Waals surface area (Å²) in [5.41, 5.74) is 3.25. The number of hydrogen-bond acceptors (Lipinski definition) is 5. The van der Waals surface area contributed by atoms with Crippen molar-refractivity contribution in [3.8, 4) is 17.2 Å². The standard InChI is InChI=1S/C20H15N3O3/c1-25-16-6-2-4-13(10-16)19(24)22-15-7-8-18-17(11-15)23-20(26-18)14-5-3-9-21-12-14/h2-12H,1H3,(H,22,24). The first kappa shape index (κ1) is 15.8. The van der Waals surface area contributed by atoms with E-state index in [0.29, 0.717) is 34.0 Å². The highest BCUT2D eigenvalue weighted by Crippen LogP contribution is 2.26. The number of anilines is 1. The molecule has 0 aliphatic rings. The normalized spacial score (nSPS) is 10.7. The summed E-state index contributed by atoms with van der Waals surface area (Å²) in [4.78, 5) is 21.0. The first-order valence-electron chi connectivity index (χ1n) is 7.99. The van der Waals surface area contributed by atoms with Crippen LogP contribution in [0.1, 0.15) is 10.4 Å². The Morgan fingerprint density at radius 1 is 1.12 bits per heavy atom. The fourth-order valence-corrected chi connectivity index (χ4v) is 2.59. The van der Waals surface area contributed by atoms with Crippen LogP contribution in [0, 0.1) is 0 Å². The lowest BCUT2D eigenvalue weighted by molar-refractivity contribution is 0.102. The molecule has 0 saturated carbocycles. The van der Waals surface area contributed by atoms with E-state index in [4.69, 9.17) is 9.15 Å². The predicted octanol–water partition coefficient (Wildman–Crippen LogP) is 4.15. The van der Waals surface area contributed by atoms with Gasteiger partial charge in [0.15, 0.2) is 5.58 Å². The molecule has 2 heterocycles. The van der Waals surface area contributed by atoms with Gasteiger partial charge in [0.1, 0.15) is 11.3 Å². The van der Waals surface area contributed by atoms with Gasteiger partial charge in [0.25, 0.3) is 5.91 Å². The topological polar surface area (TPSA) is 77.2 Å². The van der Waals surface area contributed by atoms with Gasteiger partial charge in [-0.3, -0.25) is 9.78 Å². The molecule has 6 nitrogen and oxygen atoms in total. The molecule has 2 aromatic carbocycles. The molecular formula is C20H15N3O3. The fourth-order valence-electron chi connectivity index (χ4n) is 2.59. The summed E-state index contributed by atoms with van der Waals surface area (Å²) in [5, 5.41) is 2.86. The zero-order valence-electron chi connectivity index (χ0n) is 14.0. The monoisotopic (exact) mass is 345 g/mol. The summed E-state index contributed by atoms with van der Waals surface area (Å²) >= 11 is 0. The SMILES string of the molecule is COc1cccc(C(=O)Nc2ccc3oc(-c4cccnc4)nc3c2)c1. The largest absolute Gasteiger partial charge is 0.497 e. The molecule has 0 fully saturated rings. The average molecular weight is 345 g/mol. The van der Waals surface area contributed by atoms with Gasteiger partial charge in [-0.1, -0.05) is 6.07 Å². The lowest BCUT2D eigenvalue weighted by Gasteiger charge is -2.06. The number of fused-ring (bicyclic) bond motifs is 1. The third-order valence-corrected chi connectivity index (χ3v) is 3.89. The van der Waals surface area contributed by atoms with Gasteiger partial charge in [-0.25, -0.2) is 4.98 Å². The molecule has 0 aliphatic carbocycles. The van der Waals surface area contributed by atoms with Crippen molar-refractivity contribution in [2.45, 2.75) is 0 Å². The minimum absolute atomic E-state index is 0.223. The minimum Gasteiger partial charge on any atom is -0.497 e. The van der Waals surface area contributed by atoms with Crippen LogP contribution in [0.2, 0.25) is 0 Å². The Labute approximate surface area is 149 Å². The Hall–Kier alpha value is -3.67. The van der Waals surface area contributed by atoms with Crippen LogP contribution in [0.3, 0.4) is 0 Å². The van der Waals surface area contributed by atoms with E-state index in [2.05, 4.69) is 15.3 Å². The summed E-state index contributed by atoms with van der Waals surface area (Å²) in [7, 11) is 1.56. The van der Waals surface area contributed by atoms with Crippen LogP contribution in [0.15, 0.2) is 71.4 Å². The van der Waals surface area contributed by atoms with Crippen LogP contribution in [-0.4, -0.2) is 23.0 Å². The van der Waals surface area contributed by atoms with Crippen LogP contribution in [-0.2, 0) is 0 Å². The number of nitrogens with one attached hydrogen (secondary N) is 1. The Kier molecular flexibility index (Phi) is 4.07. The second-order valence-corrected chi connectivity index (χ2v) is 5.63. The van der Waals surface area contributed by atoms with Gasteiger partial charge >= 0.3 is 0 Å². The van der Waals surface area contributed by atoms with Gasteiger partial charge in [-0.05, 0) is 48.5 Å². The van der Waals surface area contributed by atoms with Crippen LogP contribution < -0.4 is 10.1 Å². The van der Waals surface area contributed by atoms with Crippen LogP contribution in [0.25, 0.3) is 22.6 Å². The lowest BCUT2D eigenvalue weighted by atomic mass is 10.2. The first-order chi connectivity index (χ1) is 12.7.